The molecule has 2 aromatic rings. The number of rotatable bonds is 7. The summed E-state index contributed by atoms with van der Waals surface area (Å²) in [4.78, 5) is 44.7. The Hall–Kier alpha value is -3.40. The molecular formula is C23H27F2N5O3. The summed E-state index contributed by atoms with van der Waals surface area (Å²) in [6.45, 7) is 5.21. The molecule has 3 unspecified atom stereocenters. The van der Waals surface area contributed by atoms with Crippen molar-refractivity contribution >= 4 is 29.2 Å². The van der Waals surface area contributed by atoms with Gasteiger partial charge in [0.25, 0.3) is 5.91 Å². The second-order valence-corrected chi connectivity index (χ2v) is 8.27. The molecule has 0 saturated carbocycles. The van der Waals surface area contributed by atoms with E-state index in [1.807, 2.05) is 0 Å². The number of aromatic nitrogens is 1. The maximum Gasteiger partial charge on any atom is 0.251 e. The van der Waals surface area contributed by atoms with Crippen molar-refractivity contribution in [2.75, 3.05) is 17.3 Å². The number of benzene rings is 1. The van der Waals surface area contributed by atoms with E-state index in [0.29, 0.717) is 11.4 Å². The summed E-state index contributed by atoms with van der Waals surface area (Å²) in [5, 5.41) is 7.93. The van der Waals surface area contributed by atoms with Crippen molar-refractivity contribution in [2.45, 2.75) is 45.3 Å². The summed E-state index contributed by atoms with van der Waals surface area (Å²) in [5.41, 5.74) is 0.330. The van der Waals surface area contributed by atoms with Crippen LogP contribution in [0.15, 0.2) is 36.5 Å². The lowest BCUT2D eigenvalue weighted by Gasteiger charge is -2.31. The normalized spacial score (nSPS) is 16.8. The van der Waals surface area contributed by atoms with Crippen LogP contribution in [0.3, 0.4) is 0 Å². The molecule has 1 aliphatic rings. The van der Waals surface area contributed by atoms with Gasteiger partial charge in [-0.15, -0.1) is 0 Å². The first-order valence-electron chi connectivity index (χ1n) is 10.6. The Morgan fingerprint density at radius 3 is 2.55 bits per heavy atom. The zero-order chi connectivity index (χ0) is 24.3. The molecule has 0 saturated heterocycles. The lowest BCUT2D eigenvalue weighted by Crippen LogP contribution is -2.57. The van der Waals surface area contributed by atoms with Gasteiger partial charge in [-0.3, -0.25) is 19.3 Å². The first-order valence-corrected chi connectivity index (χ1v) is 10.6. The highest BCUT2D eigenvalue weighted by atomic mass is 19.1. The third kappa shape index (κ3) is 5.16. The first-order chi connectivity index (χ1) is 15.6. The molecular weight excluding hydrogens is 432 g/mol. The largest absolute Gasteiger partial charge is 0.343 e. The molecule has 1 aromatic carbocycles. The molecule has 3 rings (SSSR count). The van der Waals surface area contributed by atoms with E-state index in [9.17, 15) is 23.2 Å². The Morgan fingerprint density at radius 1 is 1.15 bits per heavy atom. The maximum absolute atomic E-state index is 14.1. The molecule has 0 bridgehead atoms. The molecule has 0 spiro atoms. The van der Waals surface area contributed by atoms with E-state index in [4.69, 9.17) is 0 Å². The minimum Gasteiger partial charge on any atom is -0.343 e. The quantitative estimate of drug-likeness (QED) is 0.588. The summed E-state index contributed by atoms with van der Waals surface area (Å²) >= 11 is 0. The smallest absolute Gasteiger partial charge is 0.251 e. The van der Waals surface area contributed by atoms with E-state index in [-0.39, 0.29) is 23.9 Å². The van der Waals surface area contributed by atoms with Crippen LogP contribution in [0.4, 0.5) is 20.3 Å². The topological polar surface area (TPSA) is 103 Å². The molecule has 2 heterocycles. The number of nitrogens with zero attached hydrogens (tertiary/aromatic N) is 2. The zero-order valence-corrected chi connectivity index (χ0v) is 18.9. The molecule has 3 atom stereocenters. The van der Waals surface area contributed by atoms with Crippen molar-refractivity contribution in [3.8, 4) is 0 Å². The monoisotopic (exact) mass is 459 g/mol. The molecule has 1 aromatic heterocycles. The third-order valence-corrected chi connectivity index (χ3v) is 5.60. The molecule has 0 aliphatic carbocycles. The number of carbonyl (C=O) groups is 3. The number of likely N-dealkylation sites (N-methyl/N-ethyl adjacent to an activating group) is 1. The van der Waals surface area contributed by atoms with Crippen molar-refractivity contribution in [2.24, 2.45) is 5.92 Å². The van der Waals surface area contributed by atoms with Gasteiger partial charge < -0.3 is 16.0 Å². The van der Waals surface area contributed by atoms with Crippen LogP contribution in [0.2, 0.25) is 0 Å². The molecule has 1 aliphatic heterocycles. The van der Waals surface area contributed by atoms with E-state index >= 15 is 0 Å². The maximum atomic E-state index is 14.1. The first kappa shape index (κ1) is 24.2. The predicted octanol–water partition coefficient (Wildman–Crippen LogP) is 2.00. The van der Waals surface area contributed by atoms with Crippen molar-refractivity contribution in [1.29, 1.82) is 0 Å². The van der Waals surface area contributed by atoms with Crippen LogP contribution in [0, 0.1) is 17.6 Å². The number of nitrogens with one attached hydrogen (secondary N) is 3. The second kappa shape index (κ2) is 10.0. The van der Waals surface area contributed by atoms with Gasteiger partial charge in [0.05, 0.1) is 11.7 Å². The van der Waals surface area contributed by atoms with Gasteiger partial charge in [0.15, 0.2) is 0 Å². The number of amides is 3. The van der Waals surface area contributed by atoms with Crippen molar-refractivity contribution in [3.05, 3.63) is 53.7 Å². The van der Waals surface area contributed by atoms with Gasteiger partial charge >= 0.3 is 0 Å². The molecule has 3 N–H and O–H groups in total. The van der Waals surface area contributed by atoms with Crippen LogP contribution >= 0.6 is 0 Å². The number of fused-ring (bicyclic) bond motifs is 1. The average Bonchev–Trinajstić information content (AvgIpc) is 3.18. The summed E-state index contributed by atoms with van der Waals surface area (Å²) in [6, 6.07) is 3.64. The van der Waals surface area contributed by atoms with Crippen LogP contribution < -0.4 is 20.9 Å². The molecule has 176 valence electrons. The Balaban J connectivity index is 1.92. The van der Waals surface area contributed by atoms with Gasteiger partial charge in [-0.1, -0.05) is 19.9 Å². The SMILES string of the molecule is CNC(C)C(=O)NC(C(=O)N1c2ncccc2CC1C(=O)Nc1cc(F)ccc1F)C(C)C. The van der Waals surface area contributed by atoms with E-state index in [0.717, 1.165) is 18.2 Å². The third-order valence-electron chi connectivity index (χ3n) is 5.60. The summed E-state index contributed by atoms with van der Waals surface area (Å²) in [5.74, 6) is -3.08. The lowest BCUT2D eigenvalue weighted by atomic mass is 10.0. The minimum atomic E-state index is -1.05. The van der Waals surface area contributed by atoms with Crippen LogP contribution in [-0.4, -0.2) is 47.9 Å². The van der Waals surface area contributed by atoms with Crippen LogP contribution in [0.25, 0.3) is 0 Å². The number of hydrogen-bond donors (Lipinski definition) is 3. The molecule has 3 amide bonds. The molecule has 8 nitrogen and oxygen atoms in total. The fraction of sp³-hybridized carbons (Fsp3) is 0.391. The molecule has 10 heteroatoms. The van der Waals surface area contributed by atoms with Gasteiger partial charge in [0.1, 0.15) is 29.5 Å². The van der Waals surface area contributed by atoms with E-state index in [2.05, 4.69) is 20.9 Å². The van der Waals surface area contributed by atoms with Gasteiger partial charge in [-0.2, -0.15) is 0 Å². The standard InChI is InChI=1S/C23H27F2N5O3/c1-12(2)19(29-21(31)13(3)26-4)23(33)30-18(10-14-6-5-9-27-20(14)30)22(32)28-17-11-15(24)7-8-16(17)25/h5-9,11-13,18-19,26H,10H2,1-4H3,(H,28,32)(H,29,31). The fourth-order valence-electron chi connectivity index (χ4n) is 3.60. The number of hydrogen-bond acceptors (Lipinski definition) is 5. The molecule has 0 radical (unpaired) electrons. The fourth-order valence-corrected chi connectivity index (χ4v) is 3.60. The van der Waals surface area contributed by atoms with Crippen LogP contribution in [-0.2, 0) is 20.8 Å². The number of halogens is 2. The Labute approximate surface area is 190 Å². The van der Waals surface area contributed by atoms with Crippen LogP contribution in [0.5, 0.6) is 0 Å². The summed E-state index contributed by atoms with van der Waals surface area (Å²) in [7, 11) is 1.63. The number of anilines is 2. The highest BCUT2D eigenvalue weighted by Crippen LogP contribution is 2.32. The van der Waals surface area contributed by atoms with Crippen molar-refractivity contribution in [1.82, 2.24) is 15.6 Å². The van der Waals surface area contributed by atoms with E-state index in [1.165, 1.54) is 11.1 Å². The van der Waals surface area contributed by atoms with E-state index < -0.39 is 41.6 Å². The summed E-state index contributed by atoms with van der Waals surface area (Å²) in [6.07, 6.45) is 1.64. The van der Waals surface area contributed by atoms with E-state index in [1.54, 1.807) is 40.0 Å². The second-order valence-electron chi connectivity index (χ2n) is 8.27. The minimum absolute atomic E-state index is 0.142. The Kier molecular flexibility index (Phi) is 7.37. The van der Waals surface area contributed by atoms with Gasteiger partial charge in [0.2, 0.25) is 11.8 Å². The number of pyridine rings is 1. The highest BCUT2D eigenvalue weighted by Gasteiger charge is 2.43. The number of carbonyl (C=O) groups excluding carboxylic acids is 3. The van der Waals surface area contributed by atoms with Crippen molar-refractivity contribution in [3.63, 3.8) is 0 Å². The Bertz CT molecular complexity index is 1060. The van der Waals surface area contributed by atoms with Crippen molar-refractivity contribution < 1.29 is 23.2 Å². The van der Waals surface area contributed by atoms with Crippen LogP contribution in [0.1, 0.15) is 26.3 Å². The molecule has 33 heavy (non-hydrogen) atoms. The highest BCUT2D eigenvalue weighted by molar-refractivity contribution is 6.09. The summed E-state index contributed by atoms with van der Waals surface area (Å²) < 4.78 is 27.7. The molecule has 0 fully saturated rings. The Morgan fingerprint density at radius 2 is 1.88 bits per heavy atom. The zero-order valence-electron chi connectivity index (χ0n) is 18.9. The average molecular weight is 459 g/mol. The van der Waals surface area contributed by atoms with Gasteiger partial charge in [-0.25, -0.2) is 13.8 Å². The predicted molar refractivity (Wildman–Crippen MR) is 119 cm³/mol. The lowest BCUT2D eigenvalue weighted by molar-refractivity contribution is -0.130. The van der Waals surface area contributed by atoms with Gasteiger partial charge in [0, 0.05) is 18.7 Å². The van der Waals surface area contributed by atoms with Gasteiger partial charge in [-0.05, 0) is 43.7 Å².